The molecule has 4 heterocycles. The molecular formula is C95H72N4O14. The Morgan fingerprint density at radius 3 is 0.619 bits per heavy atom. The van der Waals surface area contributed by atoms with Crippen molar-refractivity contribution in [2.24, 2.45) is 0 Å². The molecule has 0 radical (unpaired) electrons. The van der Waals surface area contributed by atoms with Gasteiger partial charge in [-0.05, 0) is 228 Å². The van der Waals surface area contributed by atoms with Gasteiger partial charge in [0, 0.05) is 29.3 Å². The molecule has 0 saturated carbocycles. The molecule has 18 heteroatoms. The number of imide groups is 4. The number of carbonyl (C=O) groups is 8. The first kappa shape index (κ1) is 72.7. The van der Waals surface area contributed by atoms with Crippen LogP contribution < -0.4 is 38.2 Å². The summed E-state index contributed by atoms with van der Waals surface area (Å²) in [4.78, 5) is 111. The molecular weight excluding hydrogens is 1420 g/mol. The average molecular weight is 1490 g/mol. The summed E-state index contributed by atoms with van der Waals surface area (Å²) in [7, 11) is 0. The molecule has 4 aliphatic heterocycles. The van der Waals surface area contributed by atoms with Gasteiger partial charge in [-0.3, -0.25) is 48.2 Å². The summed E-state index contributed by atoms with van der Waals surface area (Å²) in [5.41, 5.74) is 7.90. The van der Waals surface area contributed by atoms with E-state index in [0.717, 1.165) is 53.0 Å². The van der Waals surface area contributed by atoms with Crippen LogP contribution in [0.1, 0.15) is 158 Å². The van der Waals surface area contributed by atoms with E-state index in [-0.39, 0.29) is 59.0 Å². The summed E-state index contributed by atoms with van der Waals surface area (Å²) in [6.07, 6.45) is 3.03. The van der Waals surface area contributed by atoms with Gasteiger partial charge in [-0.15, -0.1) is 13.2 Å². The number of nitrogens with zero attached hydrogens (tertiary/aromatic N) is 4. The second kappa shape index (κ2) is 28.8. The van der Waals surface area contributed by atoms with E-state index in [1.165, 1.54) is 12.2 Å². The van der Waals surface area contributed by atoms with Crippen molar-refractivity contribution in [1.29, 1.82) is 0 Å². The summed E-state index contributed by atoms with van der Waals surface area (Å²) in [5.74, 6) is 2.77. The van der Waals surface area contributed by atoms with E-state index in [1.807, 2.05) is 146 Å². The van der Waals surface area contributed by atoms with Crippen LogP contribution in [0.2, 0.25) is 0 Å². The Balaban J connectivity index is 0.488. The standard InChI is InChI=1S/C95H72N4O14/c1-9-51-96-85(100)77-47-43-73(53-81(77)87(96)102)110-67-31-15-59(16-32-67)94(5,6)61-19-35-69(36-20-61)112-75-45-49-79-83(55-75)91(106)98(89(79)104)63-23-39-71(40-24-63)108-65-27-11-57(12-28-65)93(3,4)58-13-29-66(30-14-58)109-72-41-25-64(26-42-72)99-90(105)80-50-46-76(56-84(80)92(99)107)113-70-37-21-62(22-38-70)95(7,8)60-17-33-68(34-18-60)111-74-44-48-78-82(54-74)88(103)97(52-10-2)86(78)101/h9-50,53-56H,1-2,51-52H2,3-8H3. The molecule has 0 aliphatic carbocycles. The predicted octanol–water partition coefficient (Wildman–Crippen LogP) is 20.6. The molecule has 12 aromatic rings. The van der Waals surface area contributed by atoms with Gasteiger partial charge in [-0.1, -0.05) is 126 Å². The van der Waals surface area contributed by atoms with E-state index in [9.17, 15) is 38.4 Å². The van der Waals surface area contributed by atoms with E-state index < -0.39 is 39.9 Å². The van der Waals surface area contributed by atoms with E-state index in [1.54, 1.807) is 121 Å². The van der Waals surface area contributed by atoms with Gasteiger partial charge in [0.1, 0.15) is 69.0 Å². The van der Waals surface area contributed by atoms with Crippen LogP contribution in [0.25, 0.3) is 0 Å². The molecule has 0 saturated heterocycles. The quantitative estimate of drug-likeness (QED) is 0.0408. The Bertz CT molecular complexity index is 5550. The Morgan fingerprint density at radius 1 is 0.230 bits per heavy atom. The second-order valence-corrected chi connectivity index (χ2v) is 29.4. The summed E-state index contributed by atoms with van der Waals surface area (Å²) >= 11 is 0. The highest BCUT2D eigenvalue weighted by Gasteiger charge is 2.41. The molecule has 8 amide bonds. The molecule has 12 aromatic carbocycles. The Labute approximate surface area is 651 Å². The molecule has 0 bridgehead atoms. The highest BCUT2D eigenvalue weighted by atomic mass is 16.5. The lowest BCUT2D eigenvalue weighted by atomic mass is 9.78. The van der Waals surface area contributed by atoms with Crippen molar-refractivity contribution < 1.29 is 66.8 Å². The molecule has 16 rings (SSSR count). The smallest absolute Gasteiger partial charge is 0.266 e. The van der Waals surface area contributed by atoms with Crippen LogP contribution >= 0.6 is 0 Å². The number of hydrogen-bond donors (Lipinski definition) is 0. The van der Waals surface area contributed by atoms with Crippen molar-refractivity contribution in [3.8, 4) is 69.0 Å². The van der Waals surface area contributed by atoms with E-state index >= 15 is 0 Å². The van der Waals surface area contributed by atoms with E-state index in [2.05, 4.69) is 54.7 Å². The number of amides is 8. The third-order valence-corrected chi connectivity index (χ3v) is 21.3. The number of rotatable bonds is 24. The molecule has 0 N–H and O–H groups in total. The number of benzene rings is 12. The predicted molar refractivity (Wildman–Crippen MR) is 428 cm³/mol. The van der Waals surface area contributed by atoms with E-state index in [0.29, 0.717) is 103 Å². The maximum atomic E-state index is 14.0. The Kier molecular flexibility index (Phi) is 18.5. The van der Waals surface area contributed by atoms with Gasteiger partial charge in [0.25, 0.3) is 47.3 Å². The van der Waals surface area contributed by atoms with Gasteiger partial charge in [-0.2, -0.15) is 0 Å². The highest BCUT2D eigenvalue weighted by Crippen LogP contribution is 2.43. The van der Waals surface area contributed by atoms with Gasteiger partial charge in [0.05, 0.1) is 55.9 Å². The van der Waals surface area contributed by atoms with Crippen molar-refractivity contribution >= 4 is 58.6 Å². The van der Waals surface area contributed by atoms with Crippen LogP contribution in [0.15, 0.2) is 292 Å². The van der Waals surface area contributed by atoms with Crippen molar-refractivity contribution in [1.82, 2.24) is 9.80 Å². The summed E-state index contributed by atoms with van der Waals surface area (Å²) in [6, 6.07) is 79.4. The Hall–Kier alpha value is -14.5. The zero-order chi connectivity index (χ0) is 78.8. The zero-order valence-electron chi connectivity index (χ0n) is 62.4. The molecule has 4 aliphatic rings. The summed E-state index contributed by atoms with van der Waals surface area (Å²) in [6.45, 7) is 20.3. The molecule has 0 aromatic heterocycles. The van der Waals surface area contributed by atoms with E-state index in [4.69, 9.17) is 28.4 Å². The van der Waals surface area contributed by atoms with Crippen LogP contribution in [0.3, 0.4) is 0 Å². The highest BCUT2D eigenvalue weighted by molar-refractivity contribution is 6.35. The van der Waals surface area contributed by atoms with Crippen LogP contribution in [-0.2, 0) is 16.2 Å². The first-order valence-corrected chi connectivity index (χ1v) is 36.6. The maximum absolute atomic E-state index is 14.0. The van der Waals surface area contributed by atoms with Crippen molar-refractivity contribution in [3.63, 3.8) is 0 Å². The summed E-state index contributed by atoms with van der Waals surface area (Å²) < 4.78 is 37.2. The lowest BCUT2D eigenvalue weighted by molar-refractivity contribution is 0.0656. The fourth-order valence-electron chi connectivity index (χ4n) is 14.6. The SMILES string of the molecule is C=CCN1C(=O)c2ccc(Oc3ccc(C(C)(C)c4ccc(Oc5ccc6c(c5)C(=O)N(c5ccc(Oc7ccc(C(C)(C)c8ccc(Oc9ccc(N%10C(=O)c%11ccc(Oc%12ccc(C(C)(C)c%13ccc(Oc%14ccc%15c(c%14)C(=O)N(CC=C)C%15=O)cc%13)cc%12)cc%11C%10=O)cc9)cc8)cc7)cc5)C6=O)cc4)cc3)cc2C1=O. The average Bonchev–Trinajstić information content (AvgIpc) is 1.91. The molecule has 113 heavy (non-hydrogen) atoms. The van der Waals surface area contributed by atoms with Crippen LogP contribution in [0, 0.1) is 0 Å². The minimum atomic E-state index is -0.475. The van der Waals surface area contributed by atoms with Gasteiger partial charge in [0.15, 0.2) is 0 Å². The summed E-state index contributed by atoms with van der Waals surface area (Å²) in [5, 5.41) is 0. The lowest BCUT2D eigenvalue weighted by Gasteiger charge is -2.26. The van der Waals surface area contributed by atoms with Gasteiger partial charge in [-0.25, -0.2) is 9.80 Å². The first-order chi connectivity index (χ1) is 54.4. The maximum Gasteiger partial charge on any atom is 0.266 e. The molecule has 556 valence electrons. The number of anilines is 2. The molecule has 0 unspecified atom stereocenters. The van der Waals surface area contributed by atoms with Crippen molar-refractivity contribution in [2.75, 3.05) is 22.9 Å². The number of carbonyl (C=O) groups excluding carboxylic acids is 8. The van der Waals surface area contributed by atoms with Gasteiger partial charge < -0.3 is 28.4 Å². The van der Waals surface area contributed by atoms with Crippen LogP contribution in [0.5, 0.6) is 69.0 Å². The van der Waals surface area contributed by atoms with Crippen molar-refractivity contribution in [2.45, 2.75) is 57.8 Å². The topological polar surface area (TPSA) is 205 Å². The van der Waals surface area contributed by atoms with Gasteiger partial charge >= 0.3 is 0 Å². The first-order valence-electron chi connectivity index (χ1n) is 36.6. The lowest BCUT2D eigenvalue weighted by Crippen LogP contribution is -2.29. The third-order valence-electron chi connectivity index (χ3n) is 21.3. The van der Waals surface area contributed by atoms with Crippen LogP contribution in [-0.4, -0.2) is 70.1 Å². The second-order valence-electron chi connectivity index (χ2n) is 29.4. The Morgan fingerprint density at radius 2 is 0.398 bits per heavy atom. The zero-order valence-corrected chi connectivity index (χ0v) is 62.4. The van der Waals surface area contributed by atoms with Crippen molar-refractivity contribution in [3.05, 3.63) is 370 Å². The fraction of sp³-hybridized carbons (Fsp3) is 0.116. The minimum absolute atomic E-state index is 0.132. The number of fused-ring (bicyclic) bond motifs is 4. The largest absolute Gasteiger partial charge is 0.457 e. The molecule has 0 fully saturated rings. The minimum Gasteiger partial charge on any atom is -0.457 e. The fourth-order valence-corrected chi connectivity index (χ4v) is 14.6. The molecule has 0 atom stereocenters. The normalized spacial score (nSPS) is 13.8. The number of hydrogen-bond acceptors (Lipinski definition) is 14. The molecule has 0 spiro atoms. The van der Waals surface area contributed by atoms with Crippen LogP contribution in [0.4, 0.5) is 11.4 Å². The third kappa shape index (κ3) is 13.6. The van der Waals surface area contributed by atoms with Gasteiger partial charge in [0.2, 0.25) is 0 Å². The monoisotopic (exact) mass is 1490 g/mol. The number of ether oxygens (including phenoxy) is 6. The molecule has 18 nitrogen and oxygen atoms in total.